The first-order chi connectivity index (χ1) is 7.95. The number of halogens is 3. The third-order valence-corrected chi connectivity index (χ3v) is 2.96. The molecule has 0 atom stereocenters. The molecular formula is C10H13F3N2O2+2. The van der Waals surface area contributed by atoms with Crippen LogP contribution >= 0.6 is 0 Å². The third kappa shape index (κ3) is 2.20. The highest BCUT2D eigenvalue weighted by Crippen LogP contribution is 2.26. The van der Waals surface area contributed by atoms with Gasteiger partial charge in [-0.25, -0.2) is 0 Å². The van der Waals surface area contributed by atoms with Crippen LogP contribution in [0.1, 0.15) is 17.0 Å². The standard InChI is InChI=1S/C10H11F3N2O2/c11-10(12,13)9(14-3-4-15-9)6-7(16)8-2-1-5-17-8/h1-2,5,14-15H,3-4,6H2/p+2. The lowest BCUT2D eigenvalue weighted by atomic mass is 10.0. The van der Waals surface area contributed by atoms with Crippen molar-refractivity contribution in [3.8, 4) is 0 Å². The van der Waals surface area contributed by atoms with E-state index in [-0.39, 0.29) is 5.76 Å². The first-order valence-electron chi connectivity index (χ1n) is 5.27. The summed E-state index contributed by atoms with van der Waals surface area (Å²) in [5, 5.41) is 2.35. The van der Waals surface area contributed by atoms with Gasteiger partial charge < -0.3 is 4.42 Å². The largest absolute Gasteiger partial charge is 0.503 e. The summed E-state index contributed by atoms with van der Waals surface area (Å²) in [5.41, 5.74) is -2.09. The molecule has 94 valence electrons. The molecule has 1 aliphatic heterocycles. The first kappa shape index (κ1) is 12.1. The molecule has 1 fully saturated rings. The fraction of sp³-hybridized carbons (Fsp3) is 0.500. The average molecular weight is 250 g/mol. The van der Waals surface area contributed by atoms with E-state index in [1.54, 1.807) is 0 Å². The summed E-state index contributed by atoms with van der Waals surface area (Å²) in [5.74, 6) is -0.649. The Balaban J connectivity index is 2.17. The summed E-state index contributed by atoms with van der Waals surface area (Å²) < 4.78 is 43.7. The molecule has 1 aromatic heterocycles. The Hall–Kier alpha value is -1.34. The van der Waals surface area contributed by atoms with E-state index in [1.807, 2.05) is 0 Å². The zero-order chi connectivity index (χ0) is 12.5. The maximum atomic E-state index is 13.0. The second kappa shape index (κ2) is 4.15. The van der Waals surface area contributed by atoms with Gasteiger partial charge >= 0.3 is 11.8 Å². The van der Waals surface area contributed by atoms with Crippen molar-refractivity contribution in [2.24, 2.45) is 0 Å². The fourth-order valence-electron chi connectivity index (χ4n) is 2.03. The van der Waals surface area contributed by atoms with Gasteiger partial charge in [0.15, 0.2) is 5.76 Å². The Morgan fingerprint density at radius 1 is 1.41 bits per heavy atom. The van der Waals surface area contributed by atoms with Gasteiger partial charge in [0.25, 0.3) is 0 Å². The normalized spacial score (nSPS) is 19.5. The van der Waals surface area contributed by atoms with Crippen molar-refractivity contribution < 1.29 is 33.0 Å². The highest BCUT2D eigenvalue weighted by molar-refractivity contribution is 5.93. The van der Waals surface area contributed by atoms with E-state index < -0.39 is 24.0 Å². The molecule has 17 heavy (non-hydrogen) atoms. The SMILES string of the molecule is O=C(CC1(C(F)(F)F)[NH2+]CC[NH2+]1)c1ccco1. The van der Waals surface area contributed by atoms with Gasteiger partial charge in [-0.2, -0.15) is 13.2 Å². The van der Waals surface area contributed by atoms with Crippen LogP contribution in [0.3, 0.4) is 0 Å². The number of Topliss-reactive ketones (excluding diaryl/α,β-unsaturated/α-hetero) is 1. The minimum absolute atomic E-state index is 0.0256. The molecule has 0 spiro atoms. The summed E-state index contributed by atoms with van der Waals surface area (Å²) in [7, 11) is 0. The van der Waals surface area contributed by atoms with Gasteiger partial charge in [0.2, 0.25) is 5.78 Å². The topological polar surface area (TPSA) is 63.4 Å². The number of quaternary nitrogens is 2. The second-order valence-corrected chi connectivity index (χ2v) is 4.10. The quantitative estimate of drug-likeness (QED) is 0.693. The Morgan fingerprint density at radius 3 is 2.53 bits per heavy atom. The van der Waals surface area contributed by atoms with E-state index in [9.17, 15) is 18.0 Å². The van der Waals surface area contributed by atoms with Crippen molar-refractivity contribution in [3.05, 3.63) is 24.2 Å². The molecule has 4 nitrogen and oxygen atoms in total. The van der Waals surface area contributed by atoms with Gasteiger partial charge in [-0.3, -0.25) is 15.4 Å². The molecule has 0 bridgehead atoms. The van der Waals surface area contributed by atoms with Gasteiger partial charge in [-0.05, 0) is 12.1 Å². The van der Waals surface area contributed by atoms with E-state index in [0.717, 1.165) is 0 Å². The number of carbonyl (C=O) groups excluding carboxylic acids is 1. The van der Waals surface area contributed by atoms with Crippen LogP contribution in [0.2, 0.25) is 0 Å². The average Bonchev–Trinajstić information content (AvgIpc) is 2.86. The molecule has 2 heterocycles. The van der Waals surface area contributed by atoms with Crippen LogP contribution < -0.4 is 10.6 Å². The lowest BCUT2D eigenvalue weighted by Crippen LogP contribution is -3.15. The van der Waals surface area contributed by atoms with Gasteiger partial charge in [-0.15, -0.1) is 0 Å². The third-order valence-electron chi connectivity index (χ3n) is 2.96. The zero-order valence-electron chi connectivity index (χ0n) is 8.96. The van der Waals surface area contributed by atoms with E-state index in [1.165, 1.54) is 29.0 Å². The maximum absolute atomic E-state index is 13.0. The number of alkyl halides is 3. The van der Waals surface area contributed by atoms with Gasteiger partial charge in [0, 0.05) is 0 Å². The zero-order valence-corrected chi connectivity index (χ0v) is 8.96. The molecule has 2 rings (SSSR count). The predicted octanol–water partition coefficient (Wildman–Crippen LogP) is -0.749. The van der Waals surface area contributed by atoms with Crippen LogP contribution in [0.25, 0.3) is 0 Å². The lowest BCUT2D eigenvalue weighted by molar-refractivity contribution is -0.911. The number of hydrogen-bond acceptors (Lipinski definition) is 2. The highest BCUT2D eigenvalue weighted by atomic mass is 19.4. The molecule has 0 aliphatic carbocycles. The Bertz CT molecular complexity index is 394. The minimum Gasteiger partial charge on any atom is -0.461 e. The summed E-state index contributed by atoms with van der Waals surface area (Å²) >= 11 is 0. The molecule has 1 aliphatic rings. The molecule has 0 amide bonds. The summed E-state index contributed by atoms with van der Waals surface area (Å²) in [4.78, 5) is 11.7. The molecule has 7 heteroatoms. The van der Waals surface area contributed by atoms with Crippen molar-refractivity contribution in [3.63, 3.8) is 0 Å². The first-order valence-corrected chi connectivity index (χ1v) is 5.27. The summed E-state index contributed by atoms with van der Waals surface area (Å²) in [6, 6.07) is 2.86. The molecular weight excluding hydrogens is 237 g/mol. The molecule has 0 radical (unpaired) electrons. The Kier molecular flexibility index (Phi) is 2.96. The number of hydrogen-bond donors (Lipinski definition) is 2. The number of rotatable bonds is 3. The van der Waals surface area contributed by atoms with Crippen LogP contribution in [0.15, 0.2) is 22.8 Å². The van der Waals surface area contributed by atoms with E-state index in [4.69, 9.17) is 4.42 Å². The number of furan rings is 1. The maximum Gasteiger partial charge on any atom is 0.503 e. The van der Waals surface area contributed by atoms with Gasteiger partial charge in [0.1, 0.15) is 19.5 Å². The van der Waals surface area contributed by atoms with E-state index in [0.29, 0.717) is 13.1 Å². The van der Waals surface area contributed by atoms with Crippen molar-refractivity contribution in [2.45, 2.75) is 18.3 Å². The molecule has 0 aromatic carbocycles. The smallest absolute Gasteiger partial charge is 0.461 e. The van der Waals surface area contributed by atoms with Crippen molar-refractivity contribution >= 4 is 5.78 Å². The molecule has 4 N–H and O–H groups in total. The Labute approximate surface area is 95.2 Å². The van der Waals surface area contributed by atoms with Crippen molar-refractivity contribution in [2.75, 3.05) is 13.1 Å². The van der Waals surface area contributed by atoms with Crippen molar-refractivity contribution in [1.82, 2.24) is 0 Å². The van der Waals surface area contributed by atoms with E-state index >= 15 is 0 Å². The number of ketones is 1. The predicted molar refractivity (Wildman–Crippen MR) is 50.0 cm³/mol. The van der Waals surface area contributed by atoms with Crippen molar-refractivity contribution in [1.29, 1.82) is 0 Å². The van der Waals surface area contributed by atoms with Crippen LogP contribution in [0.4, 0.5) is 13.2 Å². The second-order valence-electron chi connectivity index (χ2n) is 4.10. The Morgan fingerprint density at radius 2 is 2.06 bits per heavy atom. The van der Waals surface area contributed by atoms with Crippen LogP contribution in [-0.2, 0) is 0 Å². The fourth-order valence-corrected chi connectivity index (χ4v) is 2.03. The van der Waals surface area contributed by atoms with Crippen LogP contribution in [0.5, 0.6) is 0 Å². The molecule has 0 saturated carbocycles. The molecule has 0 unspecified atom stereocenters. The van der Waals surface area contributed by atoms with Gasteiger partial charge in [-0.1, -0.05) is 0 Å². The summed E-state index contributed by atoms with van der Waals surface area (Å²) in [6.07, 6.45) is -3.76. The van der Waals surface area contributed by atoms with Gasteiger partial charge in [0.05, 0.1) is 6.26 Å². The monoisotopic (exact) mass is 250 g/mol. The number of carbonyl (C=O) groups is 1. The van der Waals surface area contributed by atoms with E-state index in [2.05, 4.69) is 0 Å². The highest BCUT2D eigenvalue weighted by Gasteiger charge is 2.65. The van der Waals surface area contributed by atoms with Crippen LogP contribution in [-0.4, -0.2) is 30.7 Å². The molecule has 1 saturated heterocycles. The minimum atomic E-state index is -4.42. The van der Waals surface area contributed by atoms with Crippen LogP contribution in [0, 0.1) is 0 Å². The lowest BCUT2D eigenvalue weighted by Gasteiger charge is -2.23. The molecule has 1 aromatic rings. The number of nitrogens with two attached hydrogens (primary N) is 2. The summed E-state index contributed by atoms with van der Waals surface area (Å²) in [6.45, 7) is 0.704.